The molecule has 0 amide bonds. The van der Waals surface area contributed by atoms with E-state index in [0.717, 1.165) is 29.2 Å². The SMILES string of the molecule is Cc1c(Cl)cccc1NCCC(C)N. The minimum Gasteiger partial charge on any atom is -0.385 e. The van der Waals surface area contributed by atoms with E-state index in [9.17, 15) is 0 Å². The molecule has 0 spiro atoms. The highest BCUT2D eigenvalue weighted by Crippen LogP contribution is 2.22. The van der Waals surface area contributed by atoms with Gasteiger partial charge in [-0.1, -0.05) is 17.7 Å². The summed E-state index contributed by atoms with van der Waals surface area (Å²) in [4.78, 5) is 0. The predicted molar refractivity (Wildman–Crippen MR) is 62.9 cm³/mol. The number of nitrogens with two attached hydrogens (primary N) is 1. The Morgan fingerprint density at radius 1 is 1.50 bits per heavy atom. The second kappa shape index (κ2) is 5.23. The first kappa shape index (κ1) is 11.3. The number of benzene rings is 1. The van der Waals surface area contributed by atoms with Crippen LogP contribution in [-0.2, 0) is 0 Å². The molecule has 0 fully saturated rings. The van der Waals surface area contributed by atoms with E-state index in [1.807, 2.05) is 32.0 Å². The van der Waals surface area contributed by atoms with E-state index in [1.165, 1.54) is 0 Å². The van der Waals surface area contributed by atoms with Crippen molar-refractivity contribution in [1.82, 2.24) is 0 Å². The van der Waals surface area contributed by atoms with Gasteiger partial charge in [-0.3, -0.25) is 0 Å². The summed E-state index contributed by atoms with van der Waals surface area (Å²) in [5.74, 6) is 0. The van der Waals surface area contributed by atoms with Crippen LogP contribution in [0.4, 0.5) is 5.69 Å². The van der Waals surface area contributed by atoms with Crippen molar-refractivity contribution in [3.8, 4) is 0 Å². The van der Waals surface area contributed by atoms with Crippen LogP contribution < -0.4 is 11.1 Å². The van der Waals surface area contributed by atoms with Crippen molar-refractivity contribution in [3.63, 3.8) is 0 Å². The molecular formula is C11H17ClN2. The average Bonchev–Trinajstić information content (AvgIpc) is 2.12. The first-order valence-corrected chi connectivity index (χ1v) is 5.23. The predicted octanol–water partition coefficient (Wildman–Crippen LogP) is 2.80. The maximum atomic E-state index is 5.99. The molecule has 1 unspecified atom stereocenters. The normalized spacial score (nSPS) is 12.6. The lowest BCUT2D eigenvalue weighted by molar-refractivity contribution is 0.690. The first-order chi connectivity index (χ1) is 6.61. The molecule has 1 aromatic carbocycles. The van der Waals surface area contributed by atoms with Crippen LogP contribution in [-0.4, -0.2) is 12.6 Å². The van der Waals surface area contributed by atoms with Gasteiger partial charge in [-0.05, 0) is 38.0 Å². The number of nitrogens with one attached hydrogen (secondary N) is 1. The summed E-state index contributed by atoms with van der Waals surface area (Å²) in [6.45, 7) is 4.90. The molecule has 3 heteroatoms. The Balaban J connectivity index is 2.54. The fourth-order valence-corrected chi connectivity index (χ4v) is 1.41. The van der Waals surface area contributed by atoms with Crippen LogP contribution in [0.25, 0.3) is 0 Å². The Morgan fingerprint density at radius 2 is 2.21 bits per heavy atom. The van der Waals surface area contributed by atoms with Crippen LogP contribution in [0, 0.1) is 6.92 Å². The van der Waals surface area contributed by atoms with Gasteiger partial charge in [0.15, 0.2) is 0 Å². The molecule has 3 N–H and O–H groups in total. The van der Waals surface area contributed by atoms with Crippen LogP contribution in [0.2, 0.25) is 5.02 Å². The van der Waals surface area contributed by atoms with Gasteiger partial charge in [-0.2, -0.15) is 0 Å². The molecule has 0 radical (unpaired) electrons. The lowest BCUT2D eigenvalue weighted by Crippen LogP contribution is -2.19. The van der Waals surface area contributed by atoms with Gasteiger partial charge in [-0.25, -0.2) is 0 Å². The third-order valence-electron chi connectivity index (χ3n) is 2.18. The number of anilines is 1. The molecule has 14 heavy (non-hydrogen) atoms. The molecule has 0 saturated carbocycles. The summed E-state index contributed by atoms with van der Waals surface area (Å²) in [5.41, 5.74) is 7.85. The van der Waals surface area contributed by atoms with Gasteiger partial charge in [0, 0.05) is 23.3 Å². The Kier molecular flexibility index (Phi) is 4.23. The minimum atomic E-state index is 0.238. The third-order valence-corrected chi connectivity index (χ3v) is 2.59. The summed E-state index contributed by atoms with van der Waals surface area (Å²) in [7, 11) is 0. The molecule has 78 valence electrons. The fourth-order valence-electron chi connectivity index (χ4n) is 1.23. The molecule has 0 aromatic heterocycles. The van der Waals surface area contributed by atoms with Crippen molar-refractivity contribution in [2.45, 2.75) is 26.3 Å². The van der Waals surface area contributed by atoms with Crippen LogP contribution in [0.3, 0.4) is 0 Å². The summed E-state index contributed by atoms with van der Waals surface area (Å²) < 4.78 is 0. The minimum absolute atomic E-state index is 0.238. The fraction of sp³-hybridized carbons (Fsp3) is 0.455. The lowest BCUT2D eigenvalue weighted by atomic mass is 10.2. The van der Waals surface area contributed by atoms with E-state index < -0.39 is 0 Å². The molecule has 0 aliphatic heterocycles. The Labute approximate surface area is 90.4 Å². The molecule has 0 aliphatic carbocycles. The average molecular weight is 213 g/mol. The van der Waals surface area contributed by atoms with Crippen molar-refractivity contribution in [3.05, 3.63) is 28.8 Å². The summed E-state index contributed by atoms with van der Waals surface area (Å²) in [5, 5.41) is 4.12. The molecule has 1 aromatic rings. The molecule has 1 rings (SSSR count). The number of hydrogen-bond donors (Lipinski definition) is 2. The second-order valence-electron chi connectivity index (χ2n) is 3.61. The van der Waals surface area contributed by atoms with Crippen LogP contribution in [0.5, 0.6) is 0 Å². The van der Waals surface area contributed by atoms with Crippen molar-refractivity contribution in [2.75, 3.05) is 11.9 Å². The largest absolute Gasteiger partial charge is 0.385 e. The van der Waals surface area contributed by atoms with Crippen LogP contribution in [0.1, 0.15) is 18.9 Å². The highest BCUT2D eigenvalue weighted by Gasteiger charge is 2.01. The van der Waals surface area contributed by atoms with Gasteiger partial charge in [0.1, 0.15) is 0 Å². The maximum absolute atomic E-state index is 5.99. The zero-order chi connectivity index (χ0) is 10.6. The molecule has 0 aliphatic rings. The molecule has 0 saturated heterocycles. The summed E-state index contributed by atoms with van der Waals surface area (Å²) in [6, 6.07) is 6.11. The van der Waals surface area contributed by atoms with Crippen molar-refractivity contribution < 1.29 is 0 Å². The van der Waals surface area contributed by atoms with E-state index in [4.69, 9.17) is 17.3 Å². The van der Waals surface area contributed by atoms with E-state index in [0.29, 0.717) is 0 Å². The standard InChI is InChI=1S/C11H17ClN2/c1-8(13)6-7-14-11-5-3-4-10(12)9(11)2/h3-5,8,14H,6-7,13H2,1-2H3. The van der Waals surface area contributed by atoms with Gasteiger partial charge >= 0.3 is 0 Å². The van der Waals surface area contributed by atoms with Gasteiger partial charge in [-0.15, -0.1) is 0 Å². The van der Waals surface area contributed by atoms with Gasteiger partial charge in [0.25, 0.3) is 0 Å². The van der Waals surface area contributed by atoms with Crippen LogP contribution in [0.15, 0.2) is 18.2 Å². The van der Waals surface area contributed by atoms with Gasteiger partial charge in [0.05, 0.1) is 0 Å². The Morgan fingerprint density at radius 3 is 2.86 bits per heavy atom. The Bertz CT molecular complexity index is 297. The highest BCUT2D eigenvalue weighted by atomic mass is 35.5. The van der Waals surface area contributed by atoms with Crippen molar-refractivity contribution in [2.24, 2.45) is 5.73 Å². The first-order valence-electron chi connectivity index (χ1n) is 4.86. The molecule has 2 nitrogen and oxygen atoms in total. The van der Waals surface area contributed by atoms with E-state index in [-0.39, 0.29) is 6.04 Å². The Hall–Kier alpha value is -0.730. The zero-order valence-corrected chi connectivity index (χ0v) is 9.43. The third kappa shape index (κ3) is 3.20. The molecular weight excluding hydrogens is 196 g/mol. The van der Waals surface area contributed by atoms with E-state index in [1.54, 1.807) is 0 Å². The van der Waals surface area contributed by atoms with E-state index in [2.05, 4.69) is 5.32 Å². The van der Waals surface area contributed by atoms with Crippen molar-refractivity contribution >= 4 is 17.3 Å². The number of hydrogen-bond acceptors (Lipinski definition) is 2. The topological polar surface area (TPSA) is 38.0 Å². The molecule has 0 bridgehead atoms. The van der Waals surface area contributed by atoms with Crippen molar-refractivity contribution in [1.29, 1.82) is 0 Å². The quantitative estimate of drug-likeness (QED) is 0.806. The van der Waals surface area contributed by atoms with Gasteiger partial charge in [0.2, 0.25) is 0 Å². The zero-order valence-electron chi connectivity index (χ0n) is 8.68. The molecule has 0 heterocycles. The summed E-state index contributed by atoms with van der Waals surface area (Å²) in [6.07, 6.45) is 0.964. The smallest absolute Gasteiger partial charge is 0.0455 e. The lowest BCUT2D eigenvalue weighted by Gasteiger charge is -2.11. The molecule has 1 atom stereocenters. The second-order valence-corrected chi connectivity index (χ2v) is 4.01. The van der Waals surface area contributed by atoms with E-state index >= 15 is 0 Å². The van der Waals surface area contributed by atoms with Gasteiger partial charge < -0.3 is 11.1 Å². The summed E-state index contributed by atoms with van der Waals surface area (Å²) >= 11 is 5.99. The highest BCUT2D eigenvalue weighted by molar-refractivity contribution is 6.31. The number of halogens is 1. The van der Waals surface area contributed by atoms with Crippen LogP contribution >= 0.6 is 11.6 Å². The maximum Gasteiger partial charge on any atom is 0.0455 e. The monoisotopic (exact) mass is 212 g/mol. The number of rotatable bonds is 4.